The molecule has 1 amide bonds. The zero-order valence-corrected chi connectivity index (χ0v) is 21.4. The number of ether oxygens (including phenoxy) is 1. The first-order valence-corrected chi connectivity index (χ1v) is 12.6. The predicted octanol–water partition coefficient (Wildman–Crippen LogP) is 6.31. The molecule has 1 N–H and O–H groups in total. The highest BCUT2D eigenvalue weighted by molar-refractivity contribution is 9.10. The average molecular weight is 537 g/mol. The van der Waals surface area contributed by atoms with Crippen LogP contribution in [0.3, 0.4) is 0 Å². The van der Waals surface area contributed by atoms with Gasteiger partial charge in [0.05, 0.1) is 5.75 Å². The summed E-state index contributed by atoms with van der Waals surface area (Å²) in [6.07, 6.45) is 1.78. The maximum atomic E-state index is 12.5. The minimum Gasteiger partial charge on any atom is -0.485 e. The molecule has 0 unspecified atom stereocenters. The van der Waals surface area contributed by atoms with Crippen molar-refractivity contribution in [1.82, 2.24) is 14.8 Å². The van der Waals surface area contributed by atoms with E-state index < -0.39 is 0 Å². The lowest BCUT2D eigenvalue weighted by Crippen LogP contribution is -2.15. The predicted molar refractivity (Wildman–Crippen MR) is 141 cm³/mol. The van der Waals surface area contributed by atoms with Crippen molar-refractivity contribution in [2.24, 2.45) is 0 Å². The first-order valence-electron chi connectivity index (χ1n) is 10.8. The third kappa shape index (κ3) is 5.51. The van der Waals surface area contributed by atoms with Crippen molar-refractivity contribution >= 4 is 50.1 Å². The van der Waals surface area contributed by atoms with E-state index in [0.717, 1.165) is 32.4 Å². The molecule has 6 nitrogen and oxygen atoms in total. The van der Waals surface area contributed by atoms with Crippen LogP contribution < -0.4 is 10.1 Å². The maximum absolute atomic E-state index is 12.5. The van der Waals surface area contributed by atoms with Crippen LogP contribution in [-0.2, 0) is 17.9 Å². The highest BCUT2D eigenvalue weighted by Gasteiger charge is 2.15. The van der Waals surface area contributed by atoms with Crippen molar-refractivity contribution in [3.05, 3.63) is 88.7 Å². The van der Waals surface area contributed by atoms with Gasteiger partial charge in [-0.2, -0.15) is 0 Å². The van der Waals surface area contributed by atoms with Gasteiger partial charge in [0.25, 0.3) is 0 Å². The number of hydrogen-bond donors (Lipinski definition) is 1. The van der Waals surface area contributed by atoms with Gasteiger partial charge in [-0.3, -0.25) is 9.36 Å². The van der Waals surface area contributed by atoms with E-state index in [0.29, 0.717) is 17.5 Å². The van der Waals surface area contributed by atoms with Crippen LogP contribution in [0.25, 0.3) is 10.8 Å². The van der Waals surface area contributed by atoms with Crippen LogP contribution in [0.1, 0.15) is 17.0 Å². The molecule has 174 valence electrons. The summed E-state index contributed by atoms with van der Waals surface area (Å²) in [7, 11) is 0. The Kier molecular flexibility index (Phi) is 7.70. The van der Waals surface area contributed by atoms with Crippen LogP contribution in [-0.4, -0.2) is 26.4 Å². The Hall–Kier alpha value is -3.10. The minimum atomic E-state index is -0.104. The number of amides is 1. The summed E-state index contributed by atoms with van der Waals surface area (Å²) in [6, 6.07) is 18.0. The van der Waals surface area contributed by atoms with E-state index in [4.69, 9.17) is 4.74 Å². The first kappa shape index (κ1) is 24.0. The standard InChI is InChI=1S/C26H25BrN4O2S/c1-4-13-31-24(15-33-23-12-9-19-7-5-6-8-21(19)18(23)3)29-30-26(31)34-16-25(32)28-22-11-10-20(27)14-17(22)2/h4-12,14H,1,13,15-16H2,2-3H3,(H,28,32). The monoisotopic (exact) mass is 536 g/mol. The van der Waals surface area contributed by atoms with Crippen molar-refractivity contribution in [2.45, 2.75) is 32.2 Å². The molecule has 4 rings (SSSR count). The van der Waals surface area contributed by atoms with Crippen LogP contribution >= 0.6 is 27.7 Å². The van der Waals surface area contributed by atoms with Gasteiger partial charge in [0.1, 0.15) is 12.4 Å². The molecule has 0 aliphatic rings. The number of thioether (sulfide) groups is 1. The van der Waals surface area contributed by atoms with Gasteiger partial charge in [0.2, 0.25) is 5.91 Å². The van der Waals surface area contributed by atoms with Crippen LogP contribution in [0, 0.1) is 13.8 Å². The number of hydrogen-bond acceptors (Lipinski definition) is 5. The Balaban J connectivity index is 1.43. The van der Waals surface area contributed by atoms with E-state index in [2.05, 4.69) is 63.1 Å². The molecule has 0 saturated heterocycles. The van der Waals surface area contributed by atoms with Gasteiger partial charge in [-0.15, -0.1) is 16.8 Å². The van der Waals surface area contributed by atoms with E-state index >= 15 is 0 Å². The molecule has 1 heterocycles. The summed E-state index contributed by atoms with van der Waals surface area (Å²) in [5.74, 6) is 1.60. The second kappa shape index (κ2) is 10.9. The highest BCUT2D eigenvalue weighted by atomic mass is 79.9. The SMILES string of the molecule is C=CCn1c(COc2ccc3ccccc3c2C)nnc1SCC(=O)Nc1ccc(Br)cc1C. The molecule has 0 spiro atoms. The van der Waals surface area contributed by atoms with E-state index in [1.807, 2.05) is 47.9 Å². The summed E-state index contributed by atoms with van der Waals surface area (Å²) in [5.41, 5.74) is 2.87. The average Bonchev–Trinajstić information content (AvgIpc) is 3.21. The molecular formula is C26H25BrN4O2S. The number of anilines is 1. The molecular weight excluding hydrogens is 512 g/mol. The molecule has 0 bridgehead atoms. The van der Waals surface area contributed by atoms with Gasteiger partial charge in [-0.25, -0.2) is 0 Å². The topological polar surface area (TPSA) is 69.0 Å². The Labute approximate surface area is 211 Å². The lowest BCUT2D eigenvalue weighted by atomic mass is 10.0. The van der Waals surface area contributed by atoms with Gasteiger partial charge >= 0.3 is 0 Å². The van der Waals surface area contributed by atoms with Crippen LogP contribution in [0.4, 0.5) is 5.69 Å². The number of aromatic nitrogens is 3. The zero-order valence-electron chi connectivity index (χ0n) is 19.0. The second-order valence-electron chi connectivity index (χ2n) is 7.79. The number of benzene rings is 3. The molecule has 34 heavy (non-hydrogen) atoms. The van der Waals surface area contributed by atoms with E-state index in [9.17, 15) is 4.79 Å². The number of halogens is 1. The van der Waals surface area contributed by atoms with Gasteiger partial charge < -0.3 is 10.1 Å². The van der Waals surface area contributed by atoms with Crippen LogP contribution in [0.5, 0.6) is 5.75 Å². The lowest BCUT2D eigenvalue weighted by Gasteiger charge is -2.12. The fourth-order valence-electron chi connectivity index (χ4n) is 3.63. The zero-order chi connectivity index (χ0) is 24.1. The van der Waals surface area contributed by atoms with E-state index in [1.165, 1.54) is 17.1 Å². The number of carbonyl (C=O) groups is 1. The van der Waals surface area contributed by atoms with Gasteiger partial charge in [0, 0.05) is 16.7 Å². The fourth-order valence-corrected chi connectivity index (χ4v) is 4.88. The van der Waals surface area contributed by atoms with E-state index in [-0.39, 0.29) is 18.3 Å². The Bertz CT molecular complexity index is 1350. The highest BCUT2D eigenvalue weighted by Crippen LogP contribution is 2.28. The largest absolute Gasteiger partial charge is 0.485 e. The number of nitrogens with zero attached hydrogens (tertiary/aromatic N) is 3. The van der Waals surface area contributed by atoms with Crippen LogP contribution in [0.15, 0.2) is 76.9 Å². The molecule has 4 aromatic rings. The van der Waals surface area contributed by atoms with E-state index in [1.54, 1.807) is 6.08 Å². The Morgan fingerprint density at radius 1 is 1.18 bits per heavy atom. The molecule has 0 aliphatic heterocycles. The maximum Gasteiger partial charge on any atom is 0.234 e. The third-order valence-electron chi connectivity index (χ3n) is 5.41. The summed E-state index contributed by atoms with van der Waals surface area (Å²) in [5, 5.41) is 14.5. The van der Waals surface area contributed by atoms with Crippen molar-refractivity contribution in [3.63, 3.8) is 0 Å². The molecule has 0 saturated carbocycles. The number of carbonyl (C=O) groups excluding carboxylic acids is 1. The molecule has 0 radical (unpaired) electrons. The number of rotatable bonds is 9. The van der Waals surface area contributed by atoms with Crippen molar-refractivity contribution in [1.29, 1.82) is 0 Å². The minimum absolute atomic E-state index is 0.104. The summed E-state index contributed by atoms with van der Waals surface area (Å²) >= 11 is 4.77. The second-order valence-corrected chi connectivity index (χ2v) is 9.65. The van der Waals surface area contributed by atoms with Crippen LogP contribution in [0.2, 0.25) is 0 Å². The molecule has 3 aromatic carbocycles. The molecule has 8 heteroatoms. The van der Waals surface area contributed by atoms with Crippen molar-refractivity contribution in [3.8, 4) is 5.75 Å². The van der Waals surface area contributed by atoms with Gasteiger partial charge in [-0.1, -0.05) is 64.1 Å². The Morgan fingerprint density at radius 3 is 2.79 bits per heavy atom. The normalized spacial score (nSPS) is 10.9. The summed E-state index contributed by atoms with van der Waals surface area (Å²) in [4.78, 5) is 12.5. The fraction of sp³-hybridized carbons (Fsp3) is 0.192. The number of fused-ring (bicyclic) bond motifs is 1. The Morgan fingerprint density at radius 2 is 2.00 bits per heavy atom. The van der Waals surface area contributed by atoms with Crippen molar-refractivity contribution in [2.75, 3.05) is 11.1 Å². The molecule has 0 fully saturated rings. The number of allylic oxidation sites excluding steroid dienone is 1. The lowest BCUT2D eigenvalue weighted by molar-refractivity contribution is -0.113. The van der Waals surface area contributed by atoms with Gasteiger partial charge in [-0.05, 0) is 60.0 Å². The molecule has 0 atom stereocenters. The first-order chi connectivity index (χ1) is 16.5. The number of aryl methyl sites for hydroxylation is 2. The summed E-state index contributed by atoms with van der Waals surface area (Å²) in [6.45, 7) is 8.65. The quantitative estimate of drug-likeness (QED) is 0.200. The molecule has 1 aromatic heterocycles. The van der Waals surface area contributed by atoms with Crippen molar-refractivity contribution < 1.29 is 9.53 Å². The number of nitrogens with one attached hydrogen (secondary N) is 1. The third-order valence-corrected chi connectivity index (χ3v) is 6.87. The smallest absolute Gasteiger partial charge is 0.234 e. The summed E-state index contributed by atoms with van der Waals surface area (Å²) < 4.78 is 9.01. The van der Waals surface area contributed by atoms with Gasteiger partial charge in [0.15, 0.2) is 11.0 Å². The molecule has 0 aliphatic carbocycles.